The number of hydrogen-bond donors (Lipinski definition) is 1. The number of benzene rings is 3. The van der Waals surface area contributed by atoms with Gasteiger partial charge < -0.3 is 14.8 Å². The van der Waals surface area contributed by atoms with E-state index in [2.05, 4.69) is 11.9 Å². The smallest absolute Gasteiger partial charge is 0.266 e. The highest BCUT2D eigenvalue weighted by atomic mass is 35.5. The standard InChI is InChI=1S/C27H20Cl4N2O3/c1-3-5-18-10-17(11-19(14-32)27(34)33-23-7-4-6-21(29)25(23)31)13-24(35-2)26(18)36-15-16-8-9-20(28)22(30)12-16/h3-4,6-13H,1,5,15H2,2H3,(H,33,34)/b19-11-. The molecule has 3 aromatic carbocycles. The molecule has 0 fully saturated rings. The Morgan fingerprint density at radius 1 is 1.08 bits per heavy atom. The molecular weight excluding hydrogens is 542 g/mol. The average molecular weight is 562 g/mol. The Kier molecular flexibility index (Phi) is 9.69. The summed E-state index contributed by atoms with van der Waals surface area (Å²) >= 11 is 24.2. The van der Waals surface area contributed by atoms with Crippen LogP contribution in [0.3, 0.4) is 0 Å². The van der Waals surface area contributed by atoms with Crippen LogP contribution in [-0.2, 0) is 17.8 Å². The Morgan fingerprint density at radius 2 is 1.86 bits per heavy atom. The number of halogens is 4. The van der Waals surface area contributed by atoms with Gasteiger partial charge in [0.2, 0.25) is 0 Å². The van der Waals surface area contributed by atoms with Crippen LogP contribution in [0.25, 0.3) is 6.08 Å². The second-order valence-corrected chi connectivity index (χ2v) is 9.07. The Hall–Kier alpha value is -3.14. The molecule has 0 spiro atoms. The number of carbonyl (C=O) groups excluding carboxylic acids is 1. The van der Waals surface area contributed by atoms with Gasteiger partial charge in [-0.3, -0.25) is 4.79 Å². The Labute approximate surface area is 229 Å². The predicted molar refractivity (Wildman–Crippen MR) is 146 cm³/mol. The van der Waals surface area contributed by atoms with Gasteiger partial charge in [-0.15, -0.1) is 6.58 Å². The minimum Gasteiger partial charge on any atom is -0.493 e. The van der Waals surface area contributed by atoms with Gasteiger partial charge >= 0.3 is 0 Å². The maximum Gasteiger partial charge on any atom is 0.266 e. The van der Waals surface area contributed by atoms with Gasteiger partial charge in [0.25, 0.3) is 5.91 Å². The number of allylic oxidation sites excluding steroid dienone is 1. The summed E-state index contributed by atoms with van der Waals surface area (Å²) in [6.07, 6.45) is 3.62. The number of carbonyl (C=O) groups is 1. The quantitative estimate of drug-likeness (QED) is 0.162. The molecule has 0 aromatic heterocycles. The van der Waals surface area contributed by atoms with Crippen molar-refractivity contribution in [1.82, 2.24) is 0 Å². The van der Waals surface area contributed by atoms with E-state index >= 15 is 0 Å². The third-order valence-corrected chi connectivity index (χ3v) is 6.54. The largest absolute Gasteiger partial charge is 0.493 e. The molecule has 0 unspecified atom stereocenters. The maximum atomic E-state index is 12.8. The number of rotatable bonds is 9. The number of nitriles is 1. The lowest BCUT2D eigenvalue weighted by Gasteiger charge is -2.16. The SMILES string of the molecule is C=CCc1cc(/C=C(/C#N)C(=O)Nc2cccc(Cl)c2Cl)cc(OC)c1OCc1ccc(Cl)c(Cl)c1. The molecule has 0 radical (unpaired) electrons. The number of nitrogens with one attached hydrogen (secondary N) is 1. The minimum absolute atomic E-state index is 0.137. The molecular formula is C27H20Cl4N2O3. The summed E-state index contributed by atoms with van der Waals surface area (Å²) < 4.78 is 11.6. The highest BCUT2D eigenvalue weighted by molar-refractivity contribution is 6.44. The van der Waals surface area contributed by atoms with Crippen molar-refractivity contribution in [3.63, 3.8) is 0 Å². The van der Waals surface area contributed by atoms with Crippen molar-refractivity contribution >= 4 is 64.1 Å². The molecule has 0 bridgehead atoms. The van der Waals surface area contributed by atoms with Crippen LogP contribution < -0.4 is 14.8 Å². The molecule has 0 aliphatic heterocycles. The normalized spacial score (nSPS) is 10.9. The van der Waals surface area contributed by atoms with E-state index in [-0.39, 0.29) is 22.2 Å². The van der Waals surface area contributed by atoms with Crippen molar-refractivity contribution < 1.29 is 14.3 Å². The molecule has 0 saturated heterocycles. The first-order valence-corrected chi connectivity index (χ1v) is 12.0. The summed E-state index contributed by atoms with van der Waals surface area (Å²) in [6, 6.07) is 15.5. The molecule has 36 heavy (non-hydrogen) atoms. The molecule has 0 heterocycles. The van der Waals surface area contributed by atoms with Gasteiger partial charge in [0.15, 0.2) is 11.5 Å². The topological polar surface area (TPSA) is 71.4 Å². The van der Waals surface area contributed by atoms with Crippen molar-refractivity contribution in [1.29, 1.82) is 5.26 Å². The van der Waals surface area contributed by atoms with E-state index in [1.54, 1.807) is 48.5 Å². The Balaban J connectivity index is 1.91. The fourth-order valence-electron chi connectivity index (χ4n) is 3.28. The van der Waals surface area contributed by atoms with Gasteiger partial charge in [0.05, 0.1) is 32.9 Å². The molecule has 3 rings (SSSR count). The van der Waals surface area contributed by atoms with Crippen LogP contribution in [0.4, 0.5) is 5.69 Å². The highest BCUT2D eigenvalue weighted by Crippen LogP contribution is 2.36. The molecule has 1 N–H and O–H groups in total. The number of hydrogen-bond acceptors (Lipinski definition) is 4. The number of anilines is 1. The van der Waals surface area contributed by atoms with Crippen LogP contribution in [0.15, 0.2) is 66.8 Å². The van der Waals surface area contributed by atoms with E-state index in [0.717, 1.165) is 11.1 Å². The van der Waals surface area contributed by atoms with Gasteiger partial charge in [-0.05, 0) is 60.0 Å². The second-order valence-electron chi connectivity index (χ2n) is 7.47. The van der Waals surface area contributed by atoms with Crippen molar-refractivity contribution in [2.24, 2.45) is 0 Å². The van der Waals surface area contributed by atoms with Crippen LogP contribution in [0, 0.1) is 11.3 Å². The van der Waals surface area contributed by atoms with Crippen LogP contribution in [0.1, 0.15) is 16.7 Å². The monoisotopic (exact) mass is 560 g/mol. The molecule has 1 amide bonds. The molecule has 0 aliphatic carbocycles. The number of methoxy groups -OCH3 is 1. The highest BCUT2D eigenvalue weighted by Gasteiger charge is 2.16. The minimum atomic E-state index is -0.633. The summed E-state index contributed by atoms with van der Waals surface area (Å²) in [5.74, 6) is 0.302. The van der Waals surface area contributed by atoms with Crippen molar-refractivity contribution in [3.8, 4) is 17.6 Å². The predicted octanol–water partition coefficient (Wildman–Crippen LogP) is 8.16. The van der Waals surface area contributed by atoms with Crippen LogP contribution in [0.5, 0.6) is 11.5 Å². The van der Waals surface area contributed by atoms with Crippen LogP contribution in [-0.4, -0.2) is 13.0 Å². The molecule has 0 atom stereocenters. The average Bonchev–Trinajstić information content (AvgIpc) is 2.86. The molecule has 0 aliphatic rings. The lowest BCUT2D eigenvalue weighted by Crippen LogP contribution is -2.13. The fraction of sp³-hybridized carbons (Fsp3) is 0.111. The van der Waals surface area contributed by atoms with Gasteiger partial charge in [0.1, 0.15) is 18.2 Å². The molecule has 3 aromatic rings. The van der Waals surface area contributed by atoms with Gasteiger partial charge in [-0.25, -0.2) is 0 Å². The van der Waals surface area contributed by atoms with E-state index in [0.29, 0.717) is 39.2 Å². The fourth-order valence-corrected chi connectivity index (χ4v) is 3.95. The summed E-state index contributed by atoms with van der Waals surface area (Å²) in [5, 5.41) is 13.6. The maximum absolute atomic E-state index is 12.8. The lowest BCUT2D eigenvalue weighted by molar-refractivity contribution is -0.112. The Bertz CT molecular complexity index is 1380. The van der Waals surface area contributed by atoms with Crippen molar-refractivity contribution in [2.45, 2.75) is 13.0 Å². The van der Waals surface area contributed by atoms with E-state index in [4.69, 9.17) is 55.9 Å². The summed E-state index contributed by atoms with van der Waals surface area (Å²) in [5.41, 5.74) is 2.30. The third kappa shape index (κ3) is 6.75. The zero-order chi connectivity index (χ0) is 26.2. The van der Waals surface area contributed by atoms with Crippen molar-refractivity contribution in [3.05, 3.63) is 104 Å². The zero-order valence-electron chi connectivity index (χ0n) is 19.1. The summed E-state index contributed by atoms with van der Waals surface area (Å²) in [6.45, 7) is 4.03. The third-order valence-electron chi connectivity index (χ3n) is 4.98. The second kappa shape index (κ2) is 12.7. The first-order chi connectivity index (χ1) is 17.3. The van der Waals surface area contributed by atoms with E-state index in [1.807, 2.05) is 12.1 Å². The molecule has 184 valence electrons. The number of amides is 1. The van der Waals surface area contributed by atoms with E-state index in [1.165, 1.54) is 13.2 Å². The van der Waals surface area contributed by atoms with Gasteiger partial charge in [0, 0.05) is 5.56 Å². The number of ether oxygens (including phenoxy) is 2. The zero-order valence-corrected chi connectivity index (χ0v) is 22.1. The Morgan fingerprint density at radius 3 is 2.53 bits per heavy atom. The first-order valence-electron chi connectivity index (χ1n) is 10.5. The van der Waals surface area contributed by atoms with Gasteiger partial charge in [-0.2, -0.15) is 5.26 Å². The number of nitrogens with zero attached hydrogens (tertiary/aromatic N) is 1. The van der Waals surface area contributed by atoms with Crippen molar-refractivity contribution in [2.75, 3.05) is 12.4 Å². The van der Waals surface area contributed by atoms with Crippen LogP contribution in [0.2, 0.25) is 20.1 Å². The molecule has 0 saturated carbocycles. The lowest BCUT2D eigenvalue weighted by atomic mass is 10.0. The van der Waals surface area contributed by atoms with E-state index < -0.39 is 5.91 Å². The molecule has 9 heteroatoms. The van der Waals surface area contributed by atoms with Gasteiger partial charge in [-0.1, -0.05) is 64.6 Å². The van der Waals surface area contributed by atoms with E-state index in [9.17, 15) is 10.1 Å². The summed E-state index contributed by atoms with van der Waals surface area (Å²) in [4.78, 5) is 12.8. The molecule has 5 nitrogen and oxygen atoms in total. The first kappa shape index (κ1) is 27.4. The van der Waals surface area contributed by atoms with Crippen LogP contribution >= 0.6 is 46.4 Å². The summed E-state index contributed by atoms with van der Waals surface area (Å²) in [7, 11) is 1.51.